The van der Waals surface area contributed by atoms with Gasteiger partial charge in [-0.05, 0) is 36.4 Å². The minimum atomic E-state index is 0.440. The molecular formula is C14H18N2O. The van der Waals surface area contributed by atoms with Crippen LogP contribution < -0.4 is 10.5 Å². The highest BCUT2D eigenvalue weighted by atomic mass is 16.5. The second-order valence-corrected chi connectivity index (χ2v) is 4.39. The van der Waals surface area contributed by atoms with Gasteiger partial charge in [-0.25, -0.2) is 0 Å². The summed E-state index contributed by atoms with van der Waals surface area (Å²) in [7, 11) is 1.70. The molecule has 0 aliphatic heterocycles. The van der Waals surface area contributed by atoms with E-state index < -0.39 is 0 Å². The van der Waals surface area contributed by atoms with Gasteiger partial charge in [0.25, 0.3) is 0 Å². The lowest BCUT2D eigenvalue weighted by Crippen LogP contribution is -2.13. The number of rotatable bonds is 4. The number of hydrogen-bond acceptors (Lipinski definition) is 3. The number of ether oxygens (including phenoxy) is 1. The number of hydrogen-bond donors (Lipinski definition) is 1. The first kappa shape index (κ1) is 11.9. The zero-order chi connectivity index (χ0) is 12.3. The zero-order valence-corrected chi connectivity index (χ0v) is 10.3. The number of fused-ring (bicyclic) bond motifs is 1. The molecule has 0 radical (unpaired) electrons. The van der Waals surface area contributed by atoms with Crippen LogP contribution in [0.3, 0.4) is 0 Å². The summed E-state index contributed by atoms with van der Waals surface area (Å²) in [5.41, 5.74) is 6.90. The zero-order valence-electron chi connectivity index (χ0n) is 10.3. The molecule has 0 fully saturated rings. The highest BCUT2D eigenvalue weighted by molar-refractivity contribution is 5.86. The van der Waals surface area contributed by atoms with Crippen LogP contribution in [0.15, 0.2) is 30.6 Å². The Kier molecular flexibility index (Phi) is 3.59. The van der Waals surface area contributed by atoms with Crippen molar-refractivity contribution in [2.75, 3.05) is 13.7 Å². The fourth-order valence-electron chi connectivity index (χ4n) is 2.04. The Morgan fingerprint density at radius 3 is 2.88 bits per heavy atom. The van der Waals surface area contributed by atoms with Gasteiger partial charge >= 0.3 is 0 Å². The highest BCUT2D eigenvalue weighted by Gasteiger charge is 2.11. The smallest absolute Gasteiger partial charge is 0.122 e. The molecule has 3 nitrogen and oxygen atoms in total. The molecule has 0 aliphatic rings. The number of nitrogens with zero attached hydrogens (tertiary/aromatic N) is 1. The molecule has 3 heteroatoms. The van der Waals surface area contributed by atoms with Crippen LogP contribution in [0.4, 0.5) is 0 Å². The van der Waals surface area contributed by atoms with Gasteiger partial charge in [0, 0.05) is 23.3 Å². The van der Waals surface area contributed by atoms with E-state index in [1.165, 1.54) is 10.9 Å². The predicted octanol–water partition coefficient (Wildman–Crippen LogP) is 2.38. The Hall–Kier alpha value is -1.61. The lowest BCUT2D eigenvalue weighted by atomic mass is 9.96. The number of benzene rings is 1. The molecule has 2 rings (SSSR count). The van der Waals surface area contributed by atoms with Gasteiger partial charge in [0.2, 0.25) is 0 Å². The molecule has 2 aromatic rings. The molecule has 0 aliphatic carbocycles. The second kappa shape index (κ2) is 5.15. The van der Waals surface area contributed by atoms with E-state index >= 15 is 0 Å². The second-order valence-electron chi connectivity index (χ2n) is 4.39. The fourth-order valence-corrected chi connectivity index (χ4v) is 2.04. The van der Waals surface area contributed by atoms with Gasteiger partial charge in [0.15, 0.2) is 0 Å². The molecule has 0 bridgehead atoms. The maximum atomic E-state index is 5.70. The molecule has 0 saturated heterocycles. The van der Waals surface area contributed by atoms with Crippen LogP contribution in [0.5, 0.6) is 5.75 Å². The van der Waals surface area contributed by atoms with Gasteiger partial charge in [0.05, 0.1) is 7.11 Å². The van der Waals surface area contributed by atoms with Crippen LogP contribution in [0.1, 0.15) is 12.5 Å². The molecule has 1 atom stereocenters. The Morgan fingerprint density at radius 2 is 2.18 bits per heavy atom. The third-order valence-corrected chi connectivity index (χ3v) is 3.07. The van der Waals surface area contributed by atoms with E-state index in [4.69, 9.17) is 10.5 Å². The van der Waals surface area contributed by atoms with Crippen molar-refractivity contribution in [1.29, 1.82) is 0 Å². The molecule has 1 heterocycles. The van der Waals surface area contributed by atoms with Crippen molar-refractivity contribution in [3.05, 3.63) is 36.2 Å². The van der Waals surface area contributed by atoms with E-state index in [9.17, 15) is 0 Å². The molecule has 17 heavy (non-hydrogen) atoms. The Labute approximate surface area is 102 Å². The highest BCUT2D eigenvalue weighted by Crippen LogP contribution is 2.29. The number of methoxy groups -OCH3 is 1. The van der Waals surface area contributed by atoms with Crippen LogP contribution >= 0.6 is 0 Å². The molecule has 1 aromatic heterocycles. The van der Waals surface area contributed by atoms with Crippen molar-refractivity contribution in [2.45, 2.75) is 13.3 Å². The summed E-state index contributed by atoms with van der Waals surface area (Å²) in [5, 5.41) is 2.35. The number of pyridine rings is 1. The fraction of sp³-hybridized carbons (Fsp3) is 0.357. The first-order valence-electron chi connectivity index (χ1n) is 5.86. The third kappa shape index (κ3) is 2.39. The van der Waals surface area contributed by atoms with Gasteiger partial charge in [-0.1, -0.05) is 13.0 Å². The summed E-state index contributed by atoms with van der Waals surface area (Å²) in [4.78, 5) is 4.20. The molecule has 1 unspecified atom stereocenters. The molecule has 0 saturated carbocycles. The molecule has 0 amide bonds. The monoisotopic (exact) mass is 230 g/mol. The quantitative estimate of drug-likeness (QED) is 0.877. The molecular weight excluding hydrogens is 212 g/mol. The molecule has 1 aromatic carbocycles. The van der Waals surface area contributed by atoms with Crippen molar-refractivity contribution in [3.8, 4) is 5.75 Å². The van der Waals surface area contributed by atoms with E-state index in [1.807, 2.05) is 24.5 Å². The first-order chi connectivity index (χ1) is 8.26. The van der Waals surface area contributed by atoms with E-state index in [1.54, 1.807) is 7.11 Å². The van der Waals surface area contributed by atoms with Crippen molar-refractivity contribution in [1.82, 2.24) is 4.98 Å². The number of aromatic nitrogens is 1. The molecule has 90 valence electrons. The van der Waals surface area contributed by atoms with Gasteiger partial charge in [-0.3, -0.25) is 4.98 Å². The lowest BCUT2D eigenvalue weighted by molar-refractivity contribution is 0.407. The van der Waals surface area contributed by atoms with Crippen molar-refractivity contribution < 1.29 is 4.74 Å². The summed E-state index contributed by atoms with van der Waals surface area (Å²) in [6, 6.07) is 6.10. The molecule has 2 N–H and O–H groups in total. The largest absolute Gasteiger partial charge is 0.496 e. The average molecular weight is 230 g/mol. The van der Waals surface area contributed by atoms with E-state index in [-0.39, 0.29) is 0 Å². The Bertz CT molecular complexity index is 511. The van der Waals surface area contributed by atoms with Crippen molar-refractivity contribution >= 4 is 10.8 Å². The normalized spacial score (nSPS) is 12.6. The van der Waals surface area contributed by atoms with Crippen LogP contribution in [0, 0.1) is 5.92 Å². The number of nitrogens with two attached hydrogens (primary N) is 1. The minimum Gasteiger partial charge on any atom is -0.496 e. The van der Waals surface area contributed by atoms with Crippen LogP contribution in [0.2, 0.25) is 0 Å². The van der Waals surface area contributed by atoms with E-state index in [0.717, 1.165) is 17.6 Å². The summed E-state index contributed by atoms with van der Waals surface area (Å²) < 4.78 is 5.43. The summed E-state index contributed by atoms with van der Waals surface area (Å²) in [6.45, 7) is 2.83. The summed E-state index contributed by atoms with van der Waals surface area (Å²) in [6.07, 6.45) is 4.63. The maximum absolute atomic E-state index is 5.70. The topological polar surface area (TPSA) is 48.1 Å². The minimum absolute atomic E-state index is 0.440. The standard InChI is InChI=1S/C14H18N2O/c1-10(8-15)7-12-13-9-16-6-5-11(13)3-4-14(12)17-2/h3-6,9-10H,7-8,15H2,1-2H3. The van der Waals surface area contributed by atoms with Crippen LogP contribution in [-0.4, -0.2) is 18.6 Å². The lowest BCUT2D eigenvalue weighted by Gasteiger charge is -2.14. The van der Waals surface area contributed by atoms with Gasteiger partial charge in [-0.2, -0.15) is 0 Å². The molecule has 0 spiro atoms. The maximum Gasteiger partial charge on any atom is 0.122 e. The predicted molar refractivity (Wildman–Crippen MR) is 70.2 cm³/mol. The van der Waals surface area contributed by atoms with E-state index in [2.05, 4.69) is 18.0 Å². The van der Waals surface area contributed by atoms with E-state index in [0.29, 0.717) is 12.5 Å². The SMILES string of the molecule is COc1ccc2ccncc2c1CC(C)CN. The van der Waals surface area contributed by atoms with Crippen LogP contribution in [0.25, 0.3) is 10.8 Å². The van der Waals surface area contributed by atoms with Gasteiger partial charge < -0.3 is 10.5 Å². The third-order valence-electron chi connectivity index (χ3n) is 3.07. The Balaban J connectivity index is 2.54. The van der Waals surface area contributed by atoms with Crippen molar-refractivity contribution in [2.24, 2.45) is 11.7 Å². The van der Waals surface area contributed by atoms with Gasteiger partial charge in [0.1, 0.15) is 5.75 Å². The van der Waals surface area contributed by atoms with Gasteiger partial charge in [-0.15, -0.1) is 0 Å². The summed E-state index contributed by atoms with van der Waals surface area (Å²) in [5.74, 6) is 1.36. The Morgan fingerprint density at radius 1 is 1.35 bits per heavy atom. The first-order valence-corrected chi connectivity index (χ1v) is 5.86. The van der Waals surface area contributed by atoms with Crippen molar-refractivity contribution in [3.63, 3.8) is 0 Å². The average Bonchev–Trinajstić information content (AvgIpc) is 2.39. The van der Waals surface area contributed by atoms with Crippen LogP contribution in [-0.2, 0) is 6.42 Å². The summed E-state index contributed by atoms with van der Waals surface area (Å²) >= 11 is 0.